The maximum absolute atomic E-state index is 12.5. The third-order valence-corrected chi connectivity index (χ3v) is 5.60. The summed E-state index contributed by atoms with van der Waals surface area (Å²) in [6, 6.07) is 22.6. The topological polar surface area (TPSA) is 87.2 Å². The molecule has 7 heteroatoms. The Bertz CT molecular complexity index is 1220. The predicted molar refractivity (Wildman–Crippen MR) is 125 cm³/mol. The first kappa shape index (κ1) is 21.3. The van der Waals surface area contributed by atoms with Crippen LogP contribution in [0.4, 0.5) is 0 Å². The fraction of sp³-hybridized carbons (Fsp3) is 0.0800. The van der Waals surface area contributed by atoms with Gasteiger partial charge in [0, 0.05) is 23.4 Å². The van der Waals surface area contributed by atoms with Gasteiger partial charge in [-0.2, -0.15) is 5.10 Å². The van der Waals surface area contributed by atoms with Crippen LogP contribution in [-0.4, -0.2) is 21.7 Å². The van der Waals surface area contributed by atoms with Gasteiger partial charge in [-0.3, -0.25) is 9.48 Å². The van der Waals surface area contributed by atoms with E-state index in [9.17, 15) is 9.59 Å². The van der Waals surface area contributed by atoms with Crippen LogP contribution in [0.15, 0.2) is 90.4 Å². The Morgan fingerprint density at radius 2 is 1.75 bits per heavy atom. The Hall–Kier alpha value is -3.97. The second kappa shape index (κ2) is 9.89. The number of carbonyl (C=O) groups is 2. The lowest BCUT2D eigenvalue weighted by Gasteiger charge is -2.13. The van der Waals surface area contributed by atoms with Gasteiger partial charge in [0.2, 0.25) is 6.10 Å². The van der Waals surface area contributed by atoms with Crippen molar-refractivity contribution in [3.05, 3.63) is 107 Å². The van der Waals surface area contributed by atoms with Crippen molar-refractivity contribution in [3.63, 3.8) is 0 Å². The second-order valence-corrected chi connectivity index (χ2v) is 8.00. The molecule has 32 heavy (non-hydrogen) atoms. The molecule has 1 atom stereocenters. The molecular formula is C25H21N3O3S. The van der Waals surface area contributed by atoms with E-state index in [0.717, 1.165) is 21.7 Å². The highest BCUT2D eigenvalue weighted by Gasteiger charge is 2.21. The Morgan fingerprint density at radius 3 is 2.41 bits per heavy atom. The predicted octanol–water partition coefficient (Wildman–Crippen LogP) is 4.44. The van der Waals surface area contributed by atoms with Crippen LogP contribution >= 0.6 is 11.3 Å². The molecule has 0 fully saturated rings. The fourth-order valence-corrected chi connectivity index (χ4v) is 3.98. The van der Waals surface area contributed by atoms with Gasteiger partial charge < -0.3 is 10.5 Å². The number of nitrogens with zero attached hydrogens (tertiary/aromatic N) is 2. The van der Waals surface area contributed by atoms with Gasteiger partial charge in [-0.1, -0.05) is 66.7 Å². The van der Waals surface area contributed by atoms with Crippen molar-refractivity contribution in [2.24, 2.45) is 5.73 Å². The van der Waals surface area contributed by atoms with Crippen LogP contribution in [0.5, 0.6) is 0 Å². The van der Waals surface area contributed by atoms with Crippen LogP contribution < -0.4 is 5.73 Å². The molecule has 0 bridgehead atoms. The lowest BCUT2D eigenvalue weighted by Crippen LogP contribution is -2.25. The first-order valence-electron chi connectivity index (χ1n) is 9.98. The summed E-state index contributed by atoms with van der Waals surface area (Å²) < 4.78 is 7.17. The molecular weight excluding hydrogens is 422 g/mol. The number of esters is 1. The molecule has 1 unspecified atom stereocenters. The summed E-state index contributed by atoms with van der Waals surface area (Å²) in [6.45, 7) is 0.606. The summed E-state index contributed by atoms with van der Waals surface area (Å²) in [5.74, 6) is -1.39. The molecule has 0 aliphatic heterocycles. The molecule has 2 heterocycles. The summed E-state index contributed by atoms with van der Waals surface area (Å²) in [6.07, 6.45) is 3.68. The van der Waals surface area contributed by atoms with E-state index in [2.05, 4.69) is 0 Å². The van der Waals surface area contributed by atoms with Gasteiger partial charge in [-0.25, -0.2) is 4.79 Å². The molecule has 2 N–H and O–H groups in total. The number of hydrogen-bond acceptors (Lipinski definition) is 5. The zero-order valence-corrected chi connectivity index (χ0v) is 17.9. The van der Waals surface area contributed by atoms with E-state index >= 15 is 0 Å². The van der Waals surface area contributed by atoms with E-state index in [-0.39, 0.29) is 0 Å². The van der Waals surface area contributed by atoms with Gasteiger partial charge in [0.25, 0.3) is 5.91 Å². The normalized spacial score (nSPS) is 12.0. The molecule has 0 saturated heterocycles. The third kappa shape index (κ3) is 5.19. The van der Waals surface area contributed by atoms with Crippen molar-refractivity contribution in [3.8, 4) is 10.6 Å². The number of thiophene rings is 1. The van der Waals surface area contributed by atoms with E-state index in [0.29, 0.717) is 12.1 Å². The van der Waals surface area contributed by atoms with Gasteiger partial charge in [-0.15, -0.1) is 11.3 Å². The summed E-state index contributed by atoms with van der Waals surface area (Å²) >= 11 is 1.57. The Balaban J connectivity index is 1.55. The molecule has 0 spiro atoms. The minimum Gasteiger partial charge on any atom is -0.444 e. The molecule has 0 radical (unpaired) electrons. The molecule has 2 aromatic carbocycles. The maximum atomic E-state index is 12.5. The van der Waals surface area contributed by atoms with E-state index in [1.54, 1.807) is 41.7 Å². The first-order chi connectivity index (χ1) is 15.6. The lowest BCUT2D eigenvalue weighted by molar-refractivity contribution is -0.150. The highest BCUT2D eigenvalue weighted by atomic mass is 32.1. The third-order valence-electron chi connectivity index (χ3n) is 4.73. The van der Waals surface area contributed by atoms with Gasteiger partial charge in [0.15, 0.2) is 0 Å². The molecule has 6 nitrogen and oxygen atoms in total. The monoisotopic (exact) mass is 443 g/mol. The van der Waals surface area contributed by atoms with Crippen LogP contribution in [0.3, 0.4) is 0 Å². The van der Waals surface area contributed by atoms with Crippen LogP contribution in [0.1, 0.15) is 22.8 Å². The molecule has 4 aromatic rings. The van der Waals surface area contributed by atoms with Crippen LogP contribution in [0, 0.1) is 0 Å². The van der Waals surface area contributed by atoms with E-state index < -0.39 is 18.0 Å². The number of ether oxygens (including phenoxy) is 1. The first-order valence-corrected chi connectivity index (χ1v) is 10.9. The van der Waals surface area contributed by atoms with Crippen molar-refractivity contribution in [2.45, 2.75) is 12.6 Å². The standard InChI is InChI=1S/C25H21N3O3S/c26-25(30)24(19-10-5-2-6-11-19)31-22(29)14-13-20-17-28(16-18-8-3-1-4-9-18)27-23(20)21-12-7-15-32-21/h1-15,17,24H,16H2,(H2,26,30)/b14-13+. The number of amides is 1. The van der Waals surface area contributed by atoms with E-state index in [1.165, 1.54) is 6.08 Å². The SMILES string of the molecule is NC(=O)C(OC(=O)/C=C/c1cn(Cc2ccccc2)nc1-c1cccs1)c1ccccc1. The Labute approximate surface area is 189 Å². The Morgan fingerprint density at radius 1 is 1.03 bits per heavy atom. The molecule has 1 amide bonds. The quantitative estimate of drug-likeness (QED) is 0.322. The number of primary amides is 1. The minimum absolute atomic E-state index is 0.525. The van der Waals surface area contributed by atoms with Crippen LogP contribution in [0.2, 0.25) is 0 Å². The Kier molecular flexibility index (Phi) is 6.57. The van der Waals surface area contributed by atoms with Gasteiger partial charge in [0.05, 0.1) is 11.4 Å². The van der Waals surface area contributed by atoms with Crippen molar-refractivity contribution in [2.75, 3.05) is 0 Å². The van der Waals surface area contributed by atoms with Crippen LogP contribution in [0.25, 0.3) is 16.6 Å². The van der Waals surface area contributed by atoms with E-state index in [4.69, 9.17) is 15.6 Å². The number of hydrogen-bond donors (Lipinski definition) is 1. The average Bonchev–Trinajstić information content (AvgIpc) is 3.47. The highest BCUT2D eigenvalue weighted by Crippen LogP contribution is 2.28. The van der Waals surface area contributed by atoms with Crippen molar-refractivity contribution in [1.82, 2.24) is 9.78 Å². The molecule has 4 rings (SSSR count). The number of rotatable bonds is 8. The number of carbonyl (C=O) groups excluding carboxylic acids is 2. The zero-order chi connectivity index (χ0) is 22.3. The van der Waals surface area contributed by atoms with Crippen LogP contribution in [-0.2, 0) is 20.9 Å². The van der Waals surface area contributed by atoms with Crippen molar-refractivity contribution >= 4 is 29.3 Å². The minimum atomic E-state index is -1.15. The van der Waals surface area contributed by atoms with E-state index in [1.807, 2.05) is 64.8 Å². The van der Waals surface area contributed by atoms with Gasteiger partial charge in [-0.05, 0) is 23.1 Å². The summed E-state index contributed by atoms with van der Waals surface area (Å²) in [5, 5.41) is 6.69. The molecule has 0 aliphatic carbocycles. The highest BCUT2D eigenvalue weighted by molar-refractivity contribution is 7.13. The molecule has 160 valence electrons. The van der Waals surface area contributed by atoms with Gasteiger partial charge in [0.1, 0.15) is 5.69 Å². The van der Waals surface area contributed by atoms with Crippen molar-refractivity contribution < 1.29 is 14.3 Å². The molecule has 0 aliphatic rings. The summed E-state index contributed by atoms with van der Waals surface area (Å²) in [4.78, 5) is 25.3. The molecule has 2 aromatic heterocycles. The summed E-state index contributed by atoms with van der Waals surface area (Å²) in [5.41, 5.74) is 8.63. The largest absolute Gasteiger partial charge is 0.444 e. The fourth-order valence-electron chi connectivity index (χ4n) is 3.25. The second-order valence-electron chi connectivity index (χ2n) is 7.06. The number of nitrogens with two attached hydrogens (primary N) is 1. The average molecular weight is 444 g/mol. The summed E-state index contributed by atoms with van der Waals surface area (Å²) in [7, 11) is 0. The molecule has 0 saturated carbocycles. The zero-order valence-electron chi connectivity index (χ0n) is 17.1. The maximum Gasteiger partial charge on any atom is 0.331 e. The van der Waals surface area contributed by atoms with Gasteiger partial charge >= 0.3 is 5.97 Å². The smallest absolute Gasteiger partial charge is 0.331 e. The number of aromatic nitrogens is 2. The lowest BCUT2D eigenvalue weighted by atomic mass is 10.1. The number of benzene rings is 2. The van der Waals surface area contributed by atoms with Crippen molar-refractivity contribution in [1.29, 1.82) is 0 Å².